The largest absolute Gasteiger partial charge is 0.303 e. The lowest BCUT2D eigenvalue weighted by molar-refractivity contribution is -0.385. The first kappa shape index (κ1) is 11.1. The van der Waals surface area contributed by atoms with Gasteiger partial charge in [-0.3, -0.25) is 10.1 Å². The molecule has 0 aliphatic rings. The molecule has 0 unspecified atom stereocenters. The van der Waals surface area contributed by atoms with E-state index in [0.29, 0.717) is 5.56 Å². The predicted octanol–water partition coefficient (Wildman–Crippen LogP) is 2.51. The Labute approximate surface area is 87.4 Å². The van der Waals surface area contributed by atoms with Crippen LogP contribution in [0.2, 0.25) is 0 Å². The number of hydrogen-bond acceptors (Lipinski definition) is 3. The van der Waals surface area contributed by atoms with E-state index >= 15 is 0 Å². The third kappa shape index (κ3) is 3.02. The maximum Gasteiger partial charge on any atom is 0.276 e. The van der Waals surface area contributed by atoms with Gasteiger partial charge in [0.25, 0.3) is 5.69 Å². The van der Waals surface area contributed by atoms with Gasteiger partial charge in [-0.25, -0.2) is 0 Å². The summed E-state index contributed by atoms with van der Waals surface area (Å²) in [4.78, 5) is 20.3. The number of carbonyl (C=O) groups excluding carboxylic acids is 1. The minimum atomic E-state index is -0.431. The van der Waals surface area contributed by atoms with E-state index < -0.39 is 4.92 Å². The van der Waals surface area contributed by atoms with Crippen LogP contribution in [0.15, 0.2) is 24.3 Å². The molecule has 0 aliphatic carbocycles. The third-order valence-electron chi connectivity index (χ3n) is 1.91. The maximum atomic E-state index is 10.7. The van der Waals surface area contributed by atoms with Gasteiger partial charge in [0.15, 0.2) is 0 Å². The molecule has 4 heteroatoms. The highest BCUT2D eigenvalue weighted by Crippen LogP contribution is 2.21. The Balaban J connectivity index is 3.07. The van der Waals surface area contributed by atoms with Crippen molar-refractivity contribution in [2.24, 2.45) is 0 Å². The Morgan fingerprint density at radius 1 is 1.47 bits per heavy atom. The quantitative estimate of drug-likeness (QED) is 0.431. The van der Waals surface area contributed by atoms with Crippen molar-refractivity contribution in [1.82, 2.24) is 0 Å². The van der Waals surface area contributed by atoms with Crippen molar-refractivity contribution in [1.29, 1.82) is 0 Å². The number of hydrogen-bond donors (Lipinski definition) is 0. The summed E-state index contributed by atoms with van der Waals surface area (Å²) in [5.41, 5.74) is 1.54. The third-order valence-corrected chi connectivity index (χ3v) is 1.91. The molecule has 15 heavy (non-hydrogen) atoms. The van der Waals surface area contributed by atoms with Crippen LogP contribution >= 0.6 is 0 Å². The van der Waals surface area contributed by atoms with Gasteiger partial charge in [0, 0.05) is 12.5 Å². The number of aryl methyl sites for hydroxylation is 1. The van der Waals surface area contributed by atoms with E-state index in [1.54, 1.807) is 24.3 Å². The molecule has 1 aromatic carbocycles. The summed E-state index contributed by atoms with van der Waals surface area (Å²) in [5.74, 6) is 0. The van der Waals surface area contributed by atoms with Gasteiger partial charge in [-0.2, -0.15) is 0 Å². The van der Waals surface area contributed by atoms with Crippen molar-refractivity contribution in [2.75, 3.05) is 0 Å². The predicted molar refractivity (Wildman–Crippen MR) is 57.5 cm³/mol. The average molecular weight is 205 g/mol. The highest BCUT2D eigenvalue weighted by Gasteiger charge is 2.10. The zero-order valence-electron chi connectivity index (χ0n) is 8.34. The Kier molecular flexibility index (Phi) is 3.74. The maximum absolute atomic E-state index is 10.7. The van der Waals surface area contributed by atoms with Crippen molar-refractivity contribution in [2.45, 2.75) is 13.3 Å². The lowest BCUT2D eigenvalue weighted by Gasteiger charge is -1.98. The van der Waals surface area contributed by atoms with Crippen LogP contribution in [0.25, 0.3) is 6.08 Å². The molecule has 0 N–H and O–H groups in total. The van der Waals surface area contributed by atoms with Gasteiger partial charge in [0.1, 0.15) is 6.29 Å². The van der Waals surface area contributed by atoms with E-state index in [2.05, 4.69) is 0 Å². The number of rotatable bonds is 4. The van der Waals surface area contributed by atoms with Gasteiger partial charge in [0.05, 0.1) is 10.5 Å². The second kappa shape index (κ2) is 5.05. The summed E-state index contributed by atoms with van der Waals surface area (Å²) < 4.78 is 0. The van der Waals surface area contributed by atoms with Crippen LogP contribution in [0.4, 0.5) is 5.69 Å². The van der Waals surface area contributed by atoms with Gasteiger partial charge < -0.3 is 4.79 Å². The fraction of sp³-hybridized carbons (Fsp3) is 0.182. The molecule has 0 radical (unpaired) electrons. The SMILES string of the molecule is Cc1ccc([N+](=O)[O-])c(C=CCC=O)c1. The average Bonchev–Trinajstić information content (AvgIpc) is 2.18. The van der Waals surface area contributed by atoms with E-state index in [-0.39, 0.29) is 12.1 Å². The van der Waals surface area contributed by atoms with E-state index in [0.717, 1.165) is 11.8 Å². The monoisotopic (exact) mass is 205 g/mol. The molecule has 0 saturated carbocycles. The second-order valence-electron chi connectivity index (χ2n) is 3.12. The van der Waals surface area contributed by atoms with Crippen LogP contribution in [0, 0.1) is 17.0 Å². The van der Waals surface area contributed by atoms with Crippen LogP contribution in [0.3, 0.4) is 0 Å². The van der Waals surface area contributed by atoms with Crippen molar-refractivity contribution < 1.29 is 9.72 Å². The molecule has 78 valence electrons. The highest BCUT2D eigenvalue weighted by molar-refractivity contribution is 5.64. The second-order valence-corrected chi connectivity index (χ2v) is 3.12. The lowest BCUT2D eigenvalue weighted by Crippen LogP contribution is -1.91. The molecule has 4 nitrogen and oxygen atoms in total. The number of benzene rings is 1. The van der Waals surface area contributed by atoms with Crippen molar-refractivity contribution in [3.8, 4) is 0 Å². The molecule has 1 aromatic rings. The normalized spacial score (nSPS) is 10.5. The number of allylic oxidation sites excluding steroid dienone is 1. The molecule has 0 amide bonds. The van der Waals surface area contributed by atoms with Crippen LogP contribution in [-0.2, 0) is 4.79 Å². The number of nitrogens with zero attached hydrogens (tertiary/aromatic N) is 1. The Bertz CT molecular complexity index is 410. The Hall–Kier alpha value is -1.97. The summed E-state index contributed by atoms with van der Waals surface area (Å²) in [6.45, 7) is 1.86. The fourth-order valence-corrected chi connectivity index (χ4v) is 1.22. The van der Waals surface area contributed by atoms with Gasteiger partial charge in [-0.1, -0.05) is 23.8 Å². The van der Waals surface area contributed by atoms with E-state index in [1.165, 1.54) is 6.07 Å². The first-order chi connectivity index (χ1) is 7.15. The summed E-state index contributed by atoms with van der Waals surface area (Å²) in [6.07, 6.45) is 4.22. The van der Waals surface area contributed by atoms with Crippen LogP contribution in [0.1, 0.15) is 17.5 Å². The van der Waals surface area contributed by atoms with E-state index in [9.17, 15) is 14.9 Å². The highest BCUT2D eigenvalue weighted by atomic mass is 16.6. The zero-order chi connectivity index (χ0) is 11.3. The molecule has 0 aromatic heterocycles. The van der Waals surface area contributed by atoms with Crippen LogP contribution in [-0.4, -0.2) is 11.2 Å². The topological polar surface area (TPSA) is 60.2 Å². The first-order valence-electron chi connectivity index (χ1n) is 4.50. The molecule has 0 atom stereocenters. The fourth-order valence-electron chi connectivity index (χ4n) is 1.22. The van der Waals surface area contributed by atoms with Crippen LogP contribution < -0.4 is 0 Å². The molecule has 0 saturated heterocycles. The summed E-state index contributed by atoms with van der Waals surface area (Å²) >= 11 is 0. The van der Waals surface area contributed by atoms with Gasteiger partial charge in [0.2, 0.25) is 0 Å². The van der Waals surface area contributed by atoms with E-state index in [4.69, 9.17) is 0 Å². The molecule has 0 bridgehead atoms. The first-order valence-corrected chi connectivity index (χ1v) is 4.50. The van der Waals surface area contributed by atoms with Gasteiger partial charge in [-0.05, 0) is 13.0 Å². The standard InChI is InChI=1S/C11H11NO3/c1-9-5-6-11(12(14)15)10(8-9)4-2-3-7-13/h2,4-8H,3H2,1H3. The van der Waals surface area contributed by atoms with E-state index in [1.807, 2.05) is 6.92 Å². The van der Waals surface area contributed by atoms with Crippen molar-refractivity contribution in [3.63, 3.8) is 0 Å². The molecule has 1 rings (SSSR count). The minimum absolute atomic E-state index is 0.0581. The number of nitro groups is 1. The van der Waals surface area contributed by atoms with Crippen molar-refractivity contribution in [3.05, 3.63) is 45.5 Å². The lowest BCUT2D eigenvalue weighted by atomic mass is 10.1. The summed E-state index contributed by atoms with van der Waals surface area (Å²) in [5, 5.41) is 10.7. The Morgan fingerprint density at radius 2 is 2.20 bits per heavy atom. The molecule has 0 heterocycles. The van der Waals surface area contributed by atoms with Gasteiger partial charge >= 0.3 is 0 Å². The number of carbonyl (C=O) groups is 1. The Morgan fingerprint density at radius 3 is 2.80 bits per heavy atom. The molecular formula is C11H11NO3. The summed E-state index contributed by atoms with van der Waals surface area (Å²) in [7, 11) is 0. The molecule has 0 aliphatic heterocycles. The number of aldehydes is 1. The molecule has 0 fully saturated rings. The molecule has 0 spiro atoms. The zero-order valence-corrected chi connectivity index (χ0v) is 8.34. The smallest absolute Gasteiger partial charge is 0.276 e. The van der Waals surface area contributed by atoms with Crippen LogP contribution in [0.5, 0.6) is 0 Å². The minimum Gasteiger partial charge on any atom is -0.303 e. The van der Waals surface area contributed by atoms with Gasteiger partial charge in [-0.15, -0.1) is 0 Å². The molecular weight excluding hydrogens is 194 g/mol. The van der Waals surface area contributed by atoms with Crippen molar-refractivity contribution >= 4 is 18.0 Å². The number of nitro benzene ring substituents is 1. The summed E-state index contributed by atoms with van der Waals surface area (Å²) in [6, 6.07) is 4.88.